The normalized spacial score (nSPS) is 13.9. The number of allylic oxidation sites excluding steroid dienone is 5. The van der Waals surface area contributed by atoms with Crippen molar-refractivity contribution in [3.05, 3.63) is 186 Å². The smallest absolute Gasteiger partial charge is 0.160 e. The van der Waals surface area contributed by atoms with Gasteiger partial charge in [-0.05, 0) is 95.1 Å². The molecule has 266 valence electrons. The molecule has 4 nitrogen and oxygen atoms in total. The number of nitrogens with zero attached hydrogens (tertiary/aromatic N) is 2. The van der Waals surface area contributed by atoms with Gasteiger partial charge in [0.25, 0.3) is 0 Å². The number of rotatable bonds is 6. The topological polar surface area (TPSA) is 52.1 Å². The van der Waals surface area contributed by atoms with Crippen LogP contribution in [-0.4, -0.2) is 9.97 Å². The second-order valence-electron chi connectivity index (χ2n) is 14.7. The first-order valence-corrected chi connectivity index (χ1v) is 19.4. The average Bonchev–Trinajstić information content (AvgIpc) is 3.84. The molecule has 56 heavy (non-hydrogen) atoms. The lowest BCUT2D eigenvalue weighted by Gasteiger charge is -2.18. The molecule has 4 heteroatoms. The summed E-state index contributed by atoms with van der Waals surface area (Å²) in [7, 11) is 0. The second-order valence-corrected chi connectivity index (χ2v) is 14.7. The summed E-state index contributed by atoms with van der Waals surface area (Å²) in [6.07, 6.45) is 12.8. The van der Waals surface area contributed by atoms with E-state index in [1.54, 1.807) is 0 Å². The Bertz CT molecular complexity index is 3070. The van der Waals surface area contributed by atoms with Gasteiger partial charge in [-0.2, -0.15) is 0 Å². The molecule has 0 saturated carbocycles. The number of para-hydroxylation sites is 2. The first-order chi connectivity index (χ1) is 27.7. The third-order valence-corrected chi connectivity index (χ3v) is 11.3. The Morgan fingerprint density at radius 2 is 1.16 bits per heavy atom. The molecule has 2 aliphatic rings. The molecule has 2 aliphatic carbocycles. The van der Waals surface area contributed by atoms with Crippen LogP contribution in [0.25, 0.3) is 95.2 Å². The fourth-order valence-electron chi connectivity index (χ4n) is 8.43. The zero-order valence-electron chi connectivity index (χ0n) is 30.7. The van der Waals surface area contributed by atoms with Crippen LogP contribution in [0.4, 0.5) is 0 Å². The van der Waals surface area contributed by atoms with Crippen molar-refractivity contribution in [2.75, 3.05) is 0 Å². The predicted octanol–water partition coefficient (Wildman–Crippen LogP) is 14.0. The lowest BCUT2D eigenvalue weighted by atomic mass is 9.87. The van der Waals surface area contributed by atoms with Crippen molar-refractivity contribution in [3.8, 4) is 45.0 Å². The Hall–Kier alpha value is -7.04. The molecule has 0 atom stereocenters. The van der Waals surface area contributed by atoms with Gasteiger partial charge < -0.3 is 8.83 Å². The van der Waals surface area contributed by atoms with Crippen molar-refractivity contribution in [1.29, 1.82) is 0 Å². The quantitative estimate of drug-likeness (QED) is 0.172. The standard InChI is InChI=1S/C52H36N2O2/c1-3-11-33(12-4-1)34-19-21-35(22-20-34)46-32-47(54-52(53-46)36-13-5-2-6-14-36)43-29-37(38-24-27-50-44(30-38)41-15-7-9-17-48(41)55-50)23-26-40(43)39-25-28-51-45(31-39)42-16-8-10-18-49(42)56-51/h1-3,5-11,13-23,25-26,28-32H,4,12,24,27H2. The van der Waals surface area contributed by atoms with Crippen LogP contribution in [0, 0.1) is 0 Å². The number of hydrogen-bond acceptors (Lipinski definition) is 4. The second kappa shape index (κ2) is 13.4. The fraction of sp³-hybridized carbons (Fsp3) is 0.0769. The molecule has 0 aliphatic heterocycles. The molecule has 6 aromatic carbocycles. The molecule has 0 unspecified atom stereocenters. The Kier molecular flexibility index (Phi) is 7.73. The van der Waals surface area contributed by atoms with Crippen molar-refractivity contribution >= 4 is 50.1 Å². The number of furan rings is 2. The maximum absolute atomic E-state index is 6.28. The summed E-state index contributed by atoms with van der Waals surface area (Å²) in [4.78, 5) is 10.6. The third-order valence-electron chi connectivity index (χ3n) is 11.3. The summed E-state index contributed by atoms with van der Waals surface area (Å²) in [6, 6.07) is 51.3. The van der Waals surface area contributed by atoms with Crippen LogP contribution in [0.3, 0.4) is 0 Å². The predicted molar refractivity (Wildman–Crippen MR) is 230 cm³/mol. The number of fused-ring (bicyclic) bond motifs is 6. The number of hydrogen-bond donors (Lipinski definition) is 0. The zero-order valence-corrected chi connectivity index (χ0v) is 30.7. The van der Waals surface area contributed by atoms with Gasteiger partial charge in [-0.25, -0.2) is 9.97 Å². The summed E-state index contributed by atoms with van der Waals surface area (Å²) in [5, 5.41) is 3.36. The first-order valence-electron chi connectivity index (χ1n) is 19.4. The first kappa shape index (κ1) is 32.4. The van der Waals surface area contributed by atoms with Crippen LogP contribution in [0.1, 0.15) is 41.7 Å². The molecule has 0 saturated heterocycles. The van der Waals surface area contributed by atoms with Gasteiger partial charge in [0, 0.05) is 44.8 Å². The van der Waals surface area contributed by atoms with Crippen LogP contribution in [0.15, 0.2) is 173 Å². The van der Waals surface area contributed by atoms with E-state index in [-0.39, 0.29) is 0 Å². The van der Waals surface area contributed by atoms with E-state index in [2.05, 4.69) is 133 Å². The number of benzene rings is 6. The highest BCUT2D eigenvalue weighted by molar-refractivity contribution is 6.07. The number of aryl methyl sites for hydroxylation is 1. The Morgan fingerprint density at radius 3 is 2.00 bits per heavy atom. The molecule has 0 amide bonds. The van der Waals surface area contributed by atoms with Gasteiger partial charge in [-0.15, -0.1) is 0 Å². The van der Waals surface area contributed by atoms with E-state index >= 15 is 0 Å². The van der Waals surface area contributed by atoms with E-state index in [1.807, 2.05) is 36.4 Å². The highest BCUT2D eigenvalue weighted by Crippen LogP contribution is 2.42. The Morgan fingerprint density at radius 1 is 0.446 bits per heavy atom. The van der Waals surface area contributed by atoms with E-state index in [4.69, 9.17) is 18.8 Å². The van der Waals surface area contributed by atoms with E-state index in [0.29, 0.717) is 5.82 Å². The third kappa shape index (κ3) is 5.70. The minimum atomic E-state index is 0.696. The van der Waals surface area contributed by atoms with E-state index in [9.17, 15) is 0 Å². The van der Waals surface area contributed by atoms with E-state index in [0.717, 1.165) is 104 Å². The van der Waals surface area contributed by atoms with Crippen LogP contribution >= 0.6 is 0 Å². The zero-order chi connectivity index (χ0) is 37.0. The fourth-order valence-corrected chi connectivity index (χ4v) is 8.43. The maximum Gasteiger partial charge on any atom is 0.160 e. The van der Waals surface area contributed by atoms with Gasteiger partial charge in [0.1, 0.15) is 22.5 Å². The van der Waals surface area contributed by atoms with Crippen molar-refractivity contribution in [1.82, 2.24) is 9.97 Å². The summed E-state index contributed by atoms with van der Waals surface area (Å²) >= 11 is 0. The van der Waals surface area contributed by atoms with Crippen molar-refractivity contribution in [3.63, 3.8) is 0 Å². The SMILES string of the molecule is C1=CCCC(c2ccc(-c3cc(-c4cc(C5=Cc6c(oc7ccccc67)CC5)ccc4-c4ccc5oc6ccccc6c5c4)nc(-c4ccccc4)n3)cc2)=C1. The molecule has 0 bridgehead atoms. The molecule has 3 heterocycles. The maximum atomic E-state index is 6.28. The van der Waals surface area contributed by atoms with Gasteiger partial charge in [0.05, 0.1) is 11.4 Å². The minimum absolute atomic E-state index is 0.696. The molecular formula is C52H36N2O2. The molecule has 3 aromatic heterocycles. The molecule has 0 radical (unpaired) electrons. The minimum Gasteiger partial charge on any atom is -0.460 e. The van der Waals surface area contributed by atoms with Crippen molar-refractivity contribution in [2.45, 2.75) is 25.7 Å². The Balaban J connectivity index is 1.11. The van der Waals surface area contributed by atoms with E-state index < -0.39 is 0 Å². The molecule has 0 fully saturated rings. The van der Waals surface area contributed by atoms with Crippen LogP contribution in [-0.2, 0) is 6.42 Å². The molecule has 11 rings (SSSR count). The molecule has 0 spiro atoms. The molecule has 9 aromatic rings. The van der Waals surface area contributed by atoms with Crippen molar-refractivity contribution in [2.24, 2.45) is 0 Å². The van der Waals surface area contributed by atoms with Crippen LogP contribution in [0.5, 0.6) is 0 Å². The van der Waals surface area contributed by atoms with Crippen molar-refractivity contribution < 1.29 is 8.83 Å². The lowest BCUT2D eigenvalue weighted by Crippen LogP contribution is -2.00. The lowest BCUT2D eigenvalue weighted by molar-refractivity contribution is 0.548. The average molecular weight is 721 g/mol. The summed E-state index contributed by atoms with van der Waals surface area (Å²) in [5.74, 6) is 1.75. The van der Waals surface area contributed by atoms with Crippen LogP contribution < -0.4 is 0 Å². The Labute approximate surface area is 324 Å². The number of aromatic nitrogens is 2. The highest BCUT2D eigenvalue weighted by Gasteiger charge is 2.22. The largest absolute Gasteiger partial charge is 0.460 e. The summed E-state index contributed by atoms with van der Waals surface area (Å²) in [6.45, 7) is 0. The summed E-state index contributed by atoms with van der Waals surface area (Å²) < 4.78 is 12.5. The van der Waals surface area contributed by atoms with Gasteiger partial charge in [-0.3, -0.25) is 0 Å². The van der Waals surface area contributed by atoms with Gasteiger partial charge in [0.2, 0.25) is 0 Å². The van der Waals surface area contributed by atoms with E-state index in [1.165, 1.54) is 27.8 Å². The highest BCUT2D eigenvalue weighted by atomic mass is 16.3. The van der Waals surface area contributed by atoms with Gasteiger partial charge in [-0.1, -0.05) is 127 Å². The molecular weight excluding hydrogens is 685 g/mol. The van der Waals surface area contributed by atoms with Gasteiger partial charge in [0.15, 0.2) is 5.82 Å². The summed E-state index contributed by atoms with van der Waals surface area (Å²) in [5.41, 5.74) is 16.0. The monoisotopic (exact) mass is 720 g/mol. The molecule has 0 N–H and O–H groups in total. The van der Waals surface area contributed by atoms with Crippen LogP contribution in [0.2, 0.25) is 0 Å². The van der Waals surface area contributed by atoms with Gasteiger partial charge >= 0.3 is 0 Å².